The zero-order valence-electron chi connectivity index (χ0n) is 12.8. The summed E-state index contributed by atoms with van der Waals surface area (Å²) in [5.74, 6) is -0.548. The van der Waals surface area contributed by atoms with Gasteiger partial charge in [0.2, 0.25) is 6.10 Å². The Bertz CT molecular complexity index is 703. The van der Waals surface area contributed by atoms with Crippen LogP contribution in [-0.2, 0) is 31.7 Å². The third-order valence-electron chi connectivity index (χ3n) is 2.58. The number of nitrogens with zero attached hydrogens (tertiary/aromatic N) is 6. The lowest BCUT2D eigenvalue weighted by Crippen LogP contribution is -2.32. The summed E-state index contributed by atoms with van der Waals surface area (Å²) in [6.07, 6.45) is -1.20. The molecule has 0 radical (unpaired) electrons. The van der Waals surface area contributed by atoms with Crippen LogP contribution in [0.4, 0.5) is 0 Å². The second kappa shape index (κ2) is 11.7. The first-order chi connectivity index (χ1) is 12.1. The van der Waals surface area contributed by atoms with E-state index in [0.717, 1.165) is 0 Å². The van der Waals surface area contributed by atoms with E-state index in [1.54, 1.807) is 12.1 Å². The van der Waals surface area contributed by atoms with Crippen LogP contribution in [0.15, 0.2) is 34.5 Å². The Balaban J connectivity index is 2.74. The van der Waals surface area contributed by atoms with Gasteiger partial charge in [-0.3, -0.25) is 8.74 Å². The molecule has 134 valence electrons. The molecular weight excluding hydrogens is 356 g/mol. The molecule has 0 bridgehead atoms. The summed E-state index contributed by atoms with van der Waals surface area (Å²) in [7, 11) is 0. The van der Waals surface area contributed by atoms with Crippen LogP contribution in [0.1, 0.15) is 5.56 Å². The van der Waals surface area contributed by atoms with Crippen molar-refractivity contribution in [3.05, 3.63) is 50.7 Å². The van der Waals surface area contributed by atoms with Gasteiger partial charge in [0.25, 0.3) is 0 Å². The molecule has 0 heterocycles. The average molecular weight is 370 g/mol. The standard InChI is InChI=1S/C12H14N6O6S/c13-17-15-4-5-22-12(19)11(7-16-18-14)24-10-3-1-2-9(6-10)8-23-25(20)21/h1-3,6,11H,4-5,7-8H2,(H,20,21). The van der Waals surface area contributed by atoms with Gasteiger partial charge in [0.05, 0.1) is 26.3 Å². The van der Waals surface area contributed by atoms with Crippen molar-refractivity contribution in [1.29, 1.82) is 0 Å². The minimum atomic E-state index is -2.41. The molecule has 2 atom stereocenters. The van der Waals surface area contributed by atoms with Gasteiger partial charge in [0, 0.05) is 9.82 Å². The number of carbonyl (C=O) groups excluding carboxylic acids is 1. The molecule has 13 heteroatoms. The van der Waals surface area contributed by atoms with Gasteiger partial charge in [-0.1, -0.05) is 22.4 Å². The van der Waals surface area contributed by atoms with E-state index < -0.39 is 23.4 Å². The Morgan fingerprint density at radius 2 is 2.08 bits per heavy atom. The monoisotopic (exact) mass is 370 g/mol. The third-order valence-corrected chi connectivity index (χ3v) is 2.90. The van der Waals surface area contributed by atoms with Crippen LogP contribution in [0.25, 0.3) is 20.9 Å². The van der Waals surface area contributed by atoms with E-state index in [1.165, 1.54) is 12.1 Å². The zero-order valence-corrected chi connectivity index (χ0v) is 13.6. The molecule has 1 rings (SSSR count). The van der Waals surface area contributed by atoms with Gasteiger partial charge < -0.3 is 9.47 Å². The first-order valence-corrected chi connectivity index (χ1v) is 7.78. The summed E-state index contributed by atoms with van der Waals surface area (Å²) in [6, 6.07) is 6.24. The number of hydrogen-bond acceptors (Lipinski definition) is 7. The Morgan fingerprint density at radius 1 is 1.32 bits per heavy atom. The van der Waals surface area contributed by atoms with Crippen molar-refractivity contribution in [2.75, 3.05) is 19.7 Å². The fourth-order valence-corrected chi connectivity index (χ4v) is 1.82. The molecule has 0 aliphatic heterocycles. The number of carbonyl (C=O) groups is 1. The van der Waals surface area contributed by atoms with Crippen molar-refractivity contribution >= 4 is 17.3 Å². The predicted octanol–water partition coefficient (Wildman–Crippen LogP) is 2.25. The fraction of sp³-hybridized carbons (Fsp3) is 0.417. The normalized spacial score (nSPS) is 12.2. The largest absolute Gasteiger partial charge is 0.479 e. The van der Waals surface area contributed by atoms with Gasteiger partial charge in [0.1, 0.15) is 5.75 Å². The van der Waals surface area contributed by atoms with Gasteiger partial charge in [-0.2, -0.15) is 4.21 Å². The van der Waals surface area contributed by atoms with E-state index in [-0.39, 0.29) is 32.1 Å². The van der Waals surface area contributed by atoms with Crippen molar-refractivity contribution < 1.29 is 27.2 Å². The lowest BCUT2D eigenvalue weighted by Gasteiger charge is -2.16. The molecule has 1 aromatic rings. The number of ether oxygens (including phenoxy) is 2. The molecule has 2 unspecified atom stereocenters. The van der Waals surface area contributed by atoms with Crippen molar-refractivity contribution in [3.8, 4) is 5.75 Å². The van der Waals surface area contributed by atoms with E-state index in [4.69, 9.17) is 25.1 Å². The number of benzene rings is 1. The maximum absolute atomic E-state index is 12.0. The van der Waals surface area contributed by atoms with E-state index in [0.29, 0.717) is 5.56 Å². The average Bonchev–Trinajstić information content (AvgIpc) is 2.60. The fourth-order valence-electron chi connectivity index (χ4n) is 1.59. The summed E-state index contributed by atoms with van der Waals surface area (Å²) in [6.45, 7) is -0.632. The van der Waals surface area contributed by atoms with Gasteiger partial charge in [-0.15, -0.1) is 0 Å². The zero-order chi connectivity index (χ0) is 18.5. The van der Waals surface area contributed by atoms with E-state index in [2.05, 4.69) is 24.2 Å². The maximum atomic E-state index is 12.0. The highest BCUT2D eigenvalue weighted by atomic mass is 32.2. The van der Waals surface area contributed by atoms with Crippen molar-refractivity contribution in [2.45, 2.75) is 12.7 Å². The van der Waals surface area contributed by atoms with Crippen LogP contribution < -0.4 is 4.74 Å². The van der Waals surface area contributed by atoms with E-state index in [9.17, 15) is 9.00 Å². The number of hydrogen-bond donors (Lipinski definition) is 1. The molecular formula is C12H14N6O6S. The molecule has 1 aromatic carbocycles. The number of esters is 1. The van der Waals surface area contributed by atoms with Crippen molar-refractivity contribution in [2.24, 2.45) is 10.2 Å². The van der Waals surface area contributed by atoms with Crippen molar-refractivity contribution in [1.82, 2.24) is 0 Å². The highest BCUT2D eigenvalue weighted by Crippen LogP contribution is 2.17. The SMILES string of the molecule is [N-]=[N+]=NCCOC(=O)C(CN=[N+]=[N-])Oc1cccc(COS(=O)O)c1. The van der Waals surface area contributed by atoms with E-state index >= 15 is 0 Å². The molecule has 0 aliphatic carbocycles. The maximum Gasteiger partial charge on any atom is 0.347 e. The highest BCUT2D eigenvalue weighted by Gasteiger charge is 2.21. The summed E-state index contributed by atoms with van der Waals surface area (Å²) >= 11 is -2.41. The first-order valence-electron chi connectivity index (χ1n) is 6.75. The Labute approximate surface area is 144 Å². The lowest BCUT2D eigenvalue weighted by molar-refractivity contribution is -0.151. The molecule has 1 N–H and O–H groups in total. The second-order valence-electron chi connectivity index (χ2n) is 4.27. The summed E-state index contributed by atoms with van der Waals surface area (Å²) in [5, 5.41) is 6.51. The van der Waals surface area contributed by atoms with Crippen LogP contribution in [0.2, 0.25) is 0 Å². The Kier molecular flexibility index (Phi) is 9.45. The van der Waals surface area contributed by atoms with Crippen LogP contribution in [0.5, 0.6) is 5.75 Å². The van der Waals surface area contributed by atoms with Gasteiger partial charge in [-0.05, 0) is 28.8 Å². The molecule has 0 saturated heterocycles. The highest BCUT2D eigenvalue weighted by molar-refractivity contribution is 7.74. The summed E-state index contributed by atoms with van der Waals surface area (Å²) in [5.41, 5.74) is 17.1. The molecule has 12 nitrogen and oxygen atoms in total. The third kappa shape index (κ3) is 8.55. The smallest absolute Gasteiger partial charge is 0.347 e. The Morgan fingerprint density at radius 3 is 2.76 bits per heavy atom. The molecule has 0 aliphatic rings. The van der Waals surface area contributed by atoms with Crippen LogP contribution in [0.3, 0.4) is 0 Å². The lowest BCUT2D eigenvalue weighted by atomic mass is 10.2. The first kappa shape index (κ1) is 20.2. The minimum absolute atomic E-state index is 0.0401. The molecule has 0 amide bonds. The Hall–Kier alpha value is -2.82. The second-order valence-corrected chi connectivity index (χ2v) is 4.94. The van der Waals surface area contributed by atoms with Crippen LogP contribution >= 0.6 is 0 Å². The molecule has 0 aromatic heterocycles. The summed E-state index contributed by atoms with van der Waals surface area (Å²) < 4.78 is 34.0. The van der Waals surface area contributed by atoms with Crippen molar-refractivity contribution in [3.63, 3.8) is 0 Å². The van der Waals surface area contributed by atoms with Crippen LogP contribution in [-0.4, -0.2) is 40.5 Å². The summed E-state index contributed by atoms with van der Waals surface area (Å²) in [4.78, 5) is 17.0. The topological polar surface area (TPSA) is 180 Å². The minimum Gasteiger partial charge on any atom is -0.479 e. The number of rotatable bonds is 11. The quantitative estimate of drug-likeness (QED) is 0.156. The predicted molar refractivity (Wildman–Crippen MR) is 85.4 cm³/mol. The van der Waals surface area contributed by atoms with Gasteiger partial charge >= 0.3 is 17.3 Å². The van der Waals surface area contributed by atoms with E-state index in [1.807, 2.05) is 0 Å². The molecule has 0 saturated carbocycles. The van der Waals surface area contributed by atoms with Crippen LogP contribution in [0, 0.1) is 0 Å². The van der Waals surface area contributed by atoms with Gasteiger partial charge in [-0.25, -0.2) is 4.79 Å². The molecule has 0 fully saturated rings. The molecule has 25 heavy (non-hydrogen) atoms. The molecule has 0 spiro atoms. The van der Waals surface area contributed by atoms with Gasteiger partial charge in [0.15, 0.2) is 0 Å². The number of azide groups is 2.